The van der Waals surface area contributed by atoms with Gasteiger partial charge in [-0.25, -0.2) is 9.50 Å². The van der Waals surface area contributed by atoms with Gasteiger partial charge in [0.25, 0.3) is 0 Å². The quantitative estimate of drug-likeness (QED) is 0.741. The van der Waals surface area contributed by atoms with Crippen LogP contribution in [-0.4, -0.2) is 14.6 Å². The van der Waals surface area contributed by atoms with Crippen molar-refractivity contribution in [3.63, 3.8) is 0 Å². The summed E-state index contributed by atoms with van der Waals surface area (Å²) in [5.41, 5.74) is 3.32. The van der Waals surface area contributed by atoms with Crippen molar-refractivity contribution in [2.45, 2.75) is 26.7 Å². The molecule has 0 aliphatic carbocycles. The third-order valence-corrected chi connectivity index (χ3v) is 2.44. The van der Waals surface area contributed by atoms with Crippen LogP contribution in [0.1, 0.15) is 30.8 Å². The van der Waals surface area contributed by atoms with Crippen LogP contribution in [0, 0.1) is 11.3 Å². The van der Waals surface area contributed by atoms with Gasteiger partial charge < -0.3 is 0 Å². The van der Waals surface area contributed by atoms with Gasteiger partial charge in [0.2, 0.25) is 0 Å². The lowest BCUT2D eigenvalue weighted by Gasteiger charge is -2.04. The minimum atomic E-state index is 0.542. The highest BCUT2D eigenvalue weighted by molar-refractivity contribution is 5.54. The van der Waals surface area contributed by atoms with Crippen molar-refractivity contribution >= 4 is 5.65 Å². The number of hydrogen-bond donors (Lipinski definition) is 0. The van der Waals surface area contributed by atoms with E-state index in [-0.39, 0.29) is 0 Å². The summed E-state index contributed by atoms with van der Waals surface area (Å²) in [6.45, 7) is 4.13. The highest BCUT2D eigenvalue weighted by Gasteiger charge is 2.09. The van der Waals surface area contributed by atoms with E-state index in [1.165, 1.54) is 0 Å². The van der Waals surface area contributed by atoms with Crippen LogP contribution in [0.5, 0.6) is 0 Å². The summed E-state index contributed by atoms with van der Waals surface area (Å²) >= 11 is 0. The molecule has 0 atom stereocenters. The molecule has 0 N–H and O–H groups in total. The average Bonchev–Trinajstić information content (AvgIpc) is 2.70. The van der Waals surface area contributed by atoms with Crippen LogP contribution in [-0.2, 0) is 12.8 Å². The standard InChI is InChI=1S/C11H12N4/c1-3-9-5-10(4-2)15-11(14-9)8(6-12)7-13-15/h5,7H,3-4H2,1-2H3. The van der Waals surface area contributed by atoms with Crippen LogP contribution < -0.4 is 0 Å². The van der Waals surface area contributed by atoms with Gasteiger partial charge in [-0.05, 0) is 18.9 Å². The maximum Gasteiger partial charge on any atom is 0.173 e. The summed E-state index contributed by atoms with van der Waals surface area (Å²) in [5.74, 6) is 0. The molecule has 15 heavy (non-hydrogen) atoms. The van der Waals surface area contributed by atoms with Gasteiger partial charge in [0, 0.05) is 11.4 Å². The topological polar surface area (TPSA) is 54.0 Å². The number of nitriles is 1. The molecule has 0 spiro atoms. The van der Waals surface area contributed by atoms with Crippen LogP contribution in [0.4, 0.5) is 0 Å². The highest BCUT2D eigenvalue weighted by atomic mass is 15.3. The first kappa shape index (κ1) is 9.66. The molecule has 0 saturated heterocycles. The SMILES string of the molecule is CCc1cc(CC)n2ncc(C#N)c2n1. The van der Waals surface area contributed by atoms with E-state index >= 15 is 0 Å². The van der Waals surface area contributed by atoms with E-state index in [2.05, 4.69) is 30.0 Å². The minimum Gasteiger partial charge on any atom is -0.232 e. The molecule has 2 rings (SSSR count). The van der Waals surface area contributed by atoms with Crippen LogP contribution in [0.25, 0.3) is 5.65 Å². The molecule has 76 valence electrons. The Morgan fingerprint density at radius 3 is 2.80 bits per heavy atom. The highest BCUT2D eigenvalue weighted by Crippen LogP contribution is 2.12. The molecule has 0 radical (unpaired) electrons. The Balaban J connectivity index is 2.79. The zero-order chi connectivity index (χ0) is 10.8. The first-order chi connectivity index (χ1) is 7.30. The van der Waals surface area contributed by atoms with E-state index in [1.807, 2.05) is 6.07 Å². The second kappa shape index (κ2) is 3.70. The molecule has 0 aliphatic heterocycles. The molecular weight excluding hydrogens is 188 g/mol. The fraction of sp³-hybridized carbons (Fsp3) is 0.364. The summed E-state index contributed by atoms with van der Waals surface area (Å²) in [5, 5.41) is 13.1. The predicted octanol–water partition coefficient (Wildman–Crippen LogP) is 1.73. The Morgan fingerprint density at radius 1 is 1.40 bits per heavy atom. The van der Waals surface area contributed by atoms with Crippen molar-refractivity contribution in [1.29, 1.82) is 5.26 Å². The number of rotatable bonds is 2. The molecule has 0 aliphatic rings. The normalized spacial score (nSPS) is 10.5. The minimum absolute atomic E-state index is 0.542. The summed E-state index contributed by atoms with van der Waals surface area (Å²) < 4.78 is 1.75. The second-order valence-electron chi connectivity index (χ2n) is 3.35. The zero-order valence-electron chi connectivity index (χ0n) is 8.86. The van der Waals surface area contributed by atoms with Gasteiger partial charge in [-0.15, -0.1) is 0 Å². The summed E-state index contributed by atoms with van der Waals surface area (Å²) in [4.78, 5) is 4.41. The maximum absolute atomic E-state index is 8.91. The van der Waals surface area contributed by atoms with Gasteiger partial charge in [-0.2, -0.15) is 10.4 Å². The molecule has 2 aromatic heterocycles. The van der Waals surface area contributed by atoms with Crippen molar-refractivity contribution in [1.82, 2.24) is 14.6 Å². The molecule has 4 heteroatoms. The van der Waals surface area contributed by atoms with Crippen LogP contribution in [0.2, 0.25) is 0 Å². The summed E-state index contributed by atoms with van der Waals surface area (Å²) in [6, 6.07) is 4.15. The van der Waals surface area contributed by atoms with E-state index in [9.17, 15) is 0 Å². The fourth-order valence-electron chi connectivity index (χ4n) is 1.59. The first-order valence-electron chi connectivity index (χ1n) is 5.06. The van der Waals surface area contributed by atoms with Crippen LogP contribution in [0.15, 0.2) is 12.3 Å². The molecule has 4 nitrogen and oxygen atoms in total. The largest absolute Gasteiger partial charge is 0.232 e. The zero-order valence-corrected chi connectivity index (χ0v) is 8.86. The Bertz CT molecular complexity index is 533. The second-order valence-corrected chi connectivity index (χ2v) is 3.35. The lowest BCUT2D eigenvalue weighted by molar-refractivity contribution is 0.833. The monoisotopic (exact) mass is 200 g/mol. The molecule has 2 heterocycles. The van der Waals surface area contributed by atoms with E-state index in [0.717, 1.165) is 24.2 Å². The number of aromatic nitrogens is 3. The summed E-state index contributed by atoms with van der Waals surface area (Å²) in [7, 11) is 0. The Labute approximate surface area is 88.2 Å². The molecule has 2 aromatic rings. The molecule has 0 fully saturated rings. The van der Waals surface area contributed by atoms with E-state index in [0.29, 0.717) is 11.2 Å². The third-order valence-electron chi connectivity index (χ3n) is 2.44. The van der Waals surface area contributed by atoms with Crippen molar-refractivity contribution < 1.29 is 0 Å². The molecule has 0 unspecified atom stereocenters. The maximum atomic E-state index is 8.91. The number of nitrogens with zero attached hydrogens (tertiary/aromatic N) is 4. The van der Waals surface area contributed by atoms with Gasteiger partial charge in [-0.1, -0.05) is 13.8 Å². The smallest absolute Gasteiger partial charge is 0.173 e. The van der Waals surface area contributed by atoms with Gasteiger partial charge >= 0.3 is 0 Å². The first-order valence-corrected chi connectivity index (χ1v) is 5.06. The Hall–Kier alpha value is -1.89. The molecular formula is C11H12N4. The van der Waals surface area contributed by atoms with Gasteiger partial charge in [0.05, 0.1) is 6.20 Å². The van der Waals surface area contributed by atoms with Crippen molar-refractivity contribution in [3.05, 3.63) is 29.2 Å². The van der Waals surface area contributed by atoms with Crippen molar-refractivity contribution in [2.75, 3.05) is 0 Å². The molecule has 0 aromatic carbocycles. The van der Waals surface area contributed by atoms with Crippen molar-refractivity contribution in [2.24, 2.45) is 0 Å². The third kappa shape index (κ3) is 1.46. The molecule has 0 bridgehead atoms. The van der Waals surface area contributed by atoms with Crippen molar-refractivity contribution in [3.8, 4) is 6.07 Å². The molecule has 0 amide bonds. The van der Waals surface area contributed by atoms with Gasteiger partial charge in [0.15, 0.2) is 5.65 Å². The lowest BCUT2D eigenvalue weighted by Crippen LogP contribution is -2.02. The van der Waals surface area contributed by atoms with E-state index in [1.54, 1.807) is 10.7 Å². The Morgan fingerprint density at radius 2 is 2.20 bits per heavy atom. The number of aryl methyl sites for hydroxylation is 2. The van der Waals surface area contributed by atoms with Crippen LogP contribution >= 0.6 is 0 Å². The fourth-order valence-corrected chi connectivity index (χ4v) is 1.59. The van der Waals surface area contributed by atoms with E-state index < -0.39 is 0 Å². The van der Waals surface area contributed by atoms with Crippen LogP contribution in [0.3, 0.4) is 0 Å². The van der Waals surface area contributed by atoms with E-state index in [4.69, 9.17) is 5.26 Å². The predicted molar refractivity (Wildman–Crippen MR) is 56.5 cm³/mol. The lowest BCUT2D eigenvalue weighted by atomic mass is 10.2. The van der Waals surface area contributed by atoms with Gasteiger partial charge in [-0.3, -0.25) is 0 Å². The Kier molecular flexibility index (Phi) is 2.38. The summed E-state index contributed by atoms with van der Waals surface area (Å²) in [6.07, 6.45) is 3.33. The average molecular weight is 200 g/mol. The van der Waals surface area contributed by atoms with Gasteiger partial charge in [0.1, 0.15) is 11.6 Å². The number of fused-ring (bicyclic) bond motifs is 1. The molecule has 0 saturated carbocycles. The number of hydrogen-bond acceptors (Lipinski definition) is 3.